The number of aromatic hydroxyl groups is 1. The van der Waals surface area contributed by atoms with Crippen molar-refractivity contribution >= 4 is 63.3 Å². The van der Waals surface area contributed by atoms with Gasteiger partial charge in [0, 0.05) is 27.4 Å². The van der Waals surface area contributed by atoms with Gasteiger partial charge in [-0.1, -0.05) is 83.4 Å². The van der Waals surface area contributed by atoms with Crippen LogP contribution in [0.3, 0.4) is 0 Å². The number of phenolic OH excluding ortho intramolecular Hbond substituents is 1. The molecule has 8 rings (SSSR count). The zero-order valence-corrected chi connectivity index (χ0v) is 30.5. The van der Waals surface area contributed by atoms with Crippen molar-refractivity contribution in [3.05, 3.63) is 112 Å². The van der Waals surface area contributed by atoms with E-state index in [1.807, 2.05) is 63.2 Å². The number of hydrazine groups is 1. The zero-order chi connectivity index (χ0) is 36.9. The molecule has 2 N–H and O–H groups in total. The number of ether oxygens (including phenoxy) is 1. The lowest BCUT2D eigenvalue weighted by Gasteiger charge is -2.50. The molecule has 11 heteroatoms. The summed E-state index contributed by atoms with van der Waals surface area (Å²) in [4.78, 5) is 60.1. The number of halogens is 2. The second kappa shape index (κ2) is 12.1. The Morgan fingerprint density at radius 1 is 0.885 bits per heavy atom. The molecule has 6 unspecified atom stereocenters. The Kier molecular flexibility index (Phi) is 7.97. The largest absolute Gasteiger partial charge is 0.507 e. The van der Waals surface area contributed by atoms with E-state index in [1.165, 1.54) is 11.0 Å². The molecule has 0 radical (unpaired) electrons. The summed E-state index contributed by atoms with van der Waals surface area (Å²) in [6, 6.07) is 22.9. The summed E-state index contributed by atoms with van der Waals surface area (Å²) >= 11 is 12.7. The summed E-state index contributed by atoms with van der Waals surface area (Å²) in [5.74, 6) is -4.82. The van der Waals surface area contributed by atoms with Gasteiger partial charge in [-0.3, -0.25) is 29.5 Å². The van der Waals surface area contributed by atoms with Crippen molar-refractivity contribution in [2.75, 3.05) is 12.5 Å². The summed E-state index contributed by atoms with van der Waals surface area (Å²) in [6.45, 7) is 5.51. The number of nitrogens with one attached hydrogen (secondary N) is 1. The van der Waals surface area contributed by atoms with Gasteiger partial charge in [0.25, 0.3) is 11.8 Å². The lowest BCUT2D eigenvalue weighted by Crippen LogP contribution is -2.53. The van der Waals surface area contributed by atoms with Crippen LogP contribution in [0.25, 0.3) is 10.8 Å². The molecule has 3 fully saturated rings. The minimum Gasteiger partial charge on any atom is -0.507 e. The molecule has 4 aromatic rings. The molecule has 2 heterocycles. The van der Waals surface area contributed by atoms with Crippen LogP contribution in [0.1, 0.15) is 50.7 Å². The molecule has 0 aromatic heterocycles. The van der Waals surface area contributed by atoms with Crippen LogP contribution >= 0.6 is 23.2 Å². The minimum atomic E-state index is -1.58. The maximum atomic E-state index is 15.5. The van der Waals surface area contributed by atoms with E-state index in [4.69, 9.17) is 27.9 Å². The van der Waals surface area contributed by atoms with Crippen LogP contribution in [0.2, 0.25) is 10.0 Å². The molecule has 0 spiro atoms. The summed E-state index contributed by atoms with van der Waals surface area (Å²) in [5, 5.41) is 15.2. The van der Waals surface area contributed by atoms with Crippen molar-refractivity contribution in [1.82, 2.24) is 9.91 Å². The highest BCUT2D eigenvalue weighted by atomic mass is 35.5. The fraction of sp³-hybridized carbons (Fsp3) is 0.317. The number of fused-ring (bicyclic) bond motifs is 5. The zero-order valence-electron chi connectivity index (χ0n) is 29.0. The highest BCUT2D eigenvalue weighted by molar-refractivity contribution is 6.36. The van der Waals surface area contributed by atoms with E-state index in [9.17, 15) is 19.5 Å². The van der Waals surface area contributed by atoms with Crippen LogP contribution in [0, 0.1) is 23.7 Å². The lowest BCUT2D eigenvalue weighted by atomic mass is 9.49. The Hall–Kier alpha value is -4.86. The molecule has 4 amide bonds. The Labute approximate surface area is 311 Å². The number of allylic oxidation sites excluding steroid dienone is 2. The van der Waals surface area contributed by atoms with Gasteiger partial charge >= 0.3 is 0 Å². The SMILES string of the molecule is COc1ccc(C23C(=O)N(Nc4ccc(Cl)cc4Cl)C(=O)C2CC2C(=CCC4C(=O)N(C(C)(C)C)C(=O)C42)C3c2ccc3ccccc3c2O)cc1. The Morgan fingerprint density at radius 3 is 2.31 bits per heavy atom. The number of anilines is 1. The first kappa shape index (κ1) is 34.2. The standard InChI is InChI=1S/C41H37Cl2N3O6/c1-40(2,3)45-36(48)27-17-16-26-29(33(27)38(45)50)20-30-37(49)46(44-32-18-12-23(42)19-31(32)43)39(51)41(30,22-10-13-24(52-4)14-11-22)34(26)28-15-9-21-7-5-6-8-25(21)35(28)47/h5-16,18-19,27,29-30,33-34,44,47H,17,20H2,1-4H3. The first-order valence-corrected chi connectivity index (χ1v) is 18.1. The van der Waals surface area contributed by atoms with Gasteiger partial charge in [0.15, 0.2) is 0 Å². The summed E-state index contributed by atoms with van der Waals surface area (Å²) in [7, 11) is 1.55. The average Bonchev–Trinajstić information content (AvgIpc) is 3.51. The second-order valence-corrected chi connectivity index (χ2v) is 16.0. The second-order valence-electron chi connectivity index (χ2n) is 15.1. The van der Waals surface area contributed by atoms with Crippen LogP contribution in [-0.4, -0.2) is 51.3 Å². The number of nitrogens with zero attached hydrogens (tertiary/aromatic N) is 2. The summed E-state index contributed by atoms with van der Waals surface area (Å²) < 4.78 is 5.48. The molecule has 6 atom stereocenters. The number of carbonyl (C=O) groups is 4. The average molecular weight is 739 g/mol. The number of phenols is 1. The van der Waals surface area contributed by atoms with E-state index in [2.05, 4.69) is 5.43 Å². The maximum absolute atomic E-state index is 15.5. The van der Waals surface area contributed by atoms with E-state index in [1.54, 1.807) is 43.5 Å². The molecule has 266 valence electrons. The quantitative estimate of drug-likeness (QED) is 0.160. The molecule has 2 saturated heterocycles. The Balaban J connectivity index is 1.39. The number of amides is 4. The molecule has 0 bridgehead atoms. The summed E-state index contributed by atoms with van der Waals surface area (Å²) in [6.07, 6.45) is 2.39. The van der Waals surface area contributed by atoms with Gasteiger partial charge < -0.3 is 9.84 Å². The maximum Gasteiger partial charge on any atom is 0.260 e. The van der Waals surface area contributed by atoms with Gasteiger partial charge in [0.05, 0.1) is 41.0 Å². The van der Waals surface area contributed by atoms with Crippen LogP contribution in [0.15, 0.2) is 90.5 Å². The van der Waals surface area contributed by atoms with E-state index in [0.29, 0.717) is 33.0 Å². The van der Waals surface area contributed by atoms with Crippen molar-refractivity contribution in [3.63, 3.8) is 0 Å². The van der Waals surface area contributed by atoms with E-state index < -0.39 is 52.4 Å². The van der Waals surface area contributed by atoms with Crippen molar-refractivity contribution in [2.45, 2.75) is 50.5 Å². The van der Waals surface area contributed by atoms with Gasteiger partial charge in [0.1, 0.15) is 11.5 Å². The molecule has 4 aromatic carbocycles. The Bertz CT molecular complexity index is 2230. The number of benzene rings is 4. The van der Waals surface area contributed by atoms with Gasteiger partial charge in [-0.15, -0.1) is 0 Å². The predicted molar refractivity (Wildman–Crippen MR) is 198 cm³/mol. The van der Waals surface area contributed by atoms with Crippen LogP contribution < -0.4 is 10.2 Å². The molecule has 52 heavy (non-hydrogen) atoms. The van der Waals surface area contributed by atoms with Crippen LogP contribution in [0.5, 0.6) is 11.5 Å². The van der Waals surface area contributed by atoms with Crippen LogP contribution in [-0.2, 0) is 24.6 Å². The van der Waals surface area contributed by atoms with Gasteiger partial charge in [-0.05, 0) is 80.8 Å². The third-order valence-electron chi connectivity index (χ3n) is 11.5. The predicted octanol–water partition coefficient (Wildman–Crippen LogP) is 7.64. The van der Waals surface area contributed by atoms with E-state index in [0.717, 1.165) is 16.0 Å². The number of carbonyl (C=O) groups excluding carboxylic acids is 4. The number of likely N-dealkylation sites (tertiary alicyclic amines) is 1. The van der Waals surface area contributed by atoms with Crippen molar-refractivity contribution in [3.8, 4) is 11.5 Å². The number of hydrogen-bond donors (Lipinski definition) is 2. The first-order valence-electron chi connectivity index (χ1n) is 17.3. The third-order valence-corrected chi connectivity index (χ3v) is 12.0. The topological polar surface area (TPSA) is 116 Å². The van der Waals surface area contributed by atoms with Crippen molar-refractivity contribution < 1.29 is 29.0 Å². The highest BCUT2D eigenvalue weighted by Crippen LogP contribution is 2.65. The van der Waals surface area contributed by atoms with Gasteiger partial charge in [-0.2, -0.15) is 5.01 Å². The van der Waals surface area contributed by atoms with Gasteiger partial charge in [-0.25, -0.2) is 0 Å². The lowest BCUT2D eigenvalue weighted by molar-refractivity contribution is -0.146. The molecule has 4 aliphatic rings. The smallest absolute Gasteiger partial charge is 0.260 e. The summed E-state index contributed by atoms with van der Waals surface area (Å²) in [5.41, 5.74) is 2.72. The van der Waals surface area contributed by atoms with Gasteiger partial charge in [0.2, 0.25) is 11.8 Å². The monoisotopic (exact) mass is 737 g/mol. The fourth-order valence-electron chi connectivity index (χ4n) is 9.35. The molecule has 1 saturated carbocycles. The highest BCUT2D eigenvalue weighted by Gasteiger charge is 2.71. The fourth-order valence-corrected chi connectivity index (χ4v) is 9.80. The molecule has 2 aliphatic carbocycles. The number of hydrogen-bond acceptors (Lipinski definition) is 7. The third kappa shape index (κ3) is 4.82. The molecular weight excluding hydrogens is 701 g/mol. The first-order chi connectivity index (χ1) is 24.8. The Morgan fingerprint density at radius 2 is 1.62 bits per heavy atom. The number of rotatable bonds is 5. The van der Waals surface area contributed by atoms with E-state index >= 15 is 4.79 Å². The number of imide groups is 2. The molecular formula is C41H37Cl2N3O6. The normalized spacial score (nSPS) is 27.0. The van der Waals surface area contributed by atoms with Crippen LogP contribution in [0.4, 0.5) is 5.69 Å². The minimum absolute atomic E-state index is 0.0176. The molecule has 2 aliphatic heterocycles. The van der Waals surface area contributed by atoms with Crippen molar-refractivity contribution in [2.24, 2.45) is 23.7 Å². The number of methoxy groups -OCH3 is 1. The van der Waals surface area contributed by atoms with Crippen molar-refractivity contribution in [1.29, 1.82) is 0 Å². The van der Waals surface area contributed by atoms with E-state index in [-0.39, 0.29) is 35.4 Å². The molecule has 9 nitrogen and oxygen atoms in total.